The van der Waals surface area contributed by atoms with E-state index in [0.717, 1.165) is 12.8 Å². The first-order chi connectivity index (χ1) is 16.5. The maximum atomic E-state index is 12.6. The summed E-state index contributed by atoms with van der Waals surface area (Å²) >= 11 is 0. The normalized spacial score (nSPS) is 21.7. The second-order valence-electron chi connectivity index (χ2n) is 10.8. The van der Waals surface area contributed by atoms with Crippen molar-refractivity contribution in [3.05, 3.63) is 0 Å². The Labute approximate surface area is 209 Å². The Hall–Kier alpha value is -1.84. The molecular weight excluding hydrogens is 452 g/mol. The standard InChI is InChI=1S/C26H44N2O7/c1-7-25(3,4)19-17-21(29)27(23(19)31)9-11-33-13-15-35-16-14-34-12-10-28-22(30)18-20(24(28)32)26(5,6)8-2/h19-20H,7-18H2,1-6H3. The highest BCUT2D eigenvalue weighted by molar-refractivity contribution is 6.04. The molecule has 35 heavy (non-hydrogen) atoms. The van der Waals surface area contributed by atoms with E-state index in [9.17, 15) is 19.2 Å². The molecule has 0 radical (unpaired) electrons. The number of amides is 4. The van der Waals surface area contributed by atoms with Gasteiger partial charge in [-0.05, 0) is 10.8 Å². The number of likely N-dealkylation sites (tertiary alicyclic amines) is 2. The lowest BCUT2D eigenvalue weighted by atomic mass is 9.76. The molecule has 0 aromatic carbocycles. The summed E-state index contributed by atoms with van der Waals surface area (Å²) in [4.78, 5) is 52.2. The number of carbonyl (C=O) groups excluding carboxylic acids is 4. The maximum absolute atomic E-state index is 12.6. The molecule has 9 heteroatoms. The average Bonchev–Trinajstić information content (AvgIpc) is 3.27. The second kappa shape index (κ2) is 12.9. The molecule has 0 aromatic heterocycles. The number of carbonyl (C=O) groups is 4. The van der Waals surface area contributed by atoms with Gasteiger partial charge >= 0.3 is 0 Å². The first-order valence-electron chi connectivity index (χ1n) is 12.9. The van der Waals surface area contributed by atoms with Crippen LogP contribution in [0.2, 0.25) is 0 Å². The Morgan fingerprint density at radius 2 is 0.943 bits per heavy atom. The second-order valence-corrected chi connectivity index (χ2v) is 10.8. The van der Waals surface area contributed by atoms with E-state index in [1.54, 1.807) is 0 Å². The lowest BCUT2D eigenvalue weighted by Gasteiger charge is -2.28. The maximum Gasteiger partial charge on any atom is 0.233 e. The van der Waals surface area contributed by atoms with E-state index in [1.807, 2.05) is 41.5 Å². The molecule has 4 amide bonds. The predicted octanol–water partition coefficient (Wildman–Crippen LogP) is 2.66. The summed E-state index contributed by atoms with van der Waals surface area (Å²) in [6.07, 6.45) is 2.24. The Morgan fingerprint density at radius 3 is 1.26 bits per heavy atom. The molecule has 2 aliphatic heterocycles. The fourth-order valence-electron chi connectivity index (χ4n) is 4.40. The Balaban J connectivity index is 1.51. The van der Waals surface area contributed by atoms with E-state index >= 15 is 0 Å². The van der Waals surface area contributed by atoms with Crippen molar-refractivity contribution >= 4 is 23.6 Å². The van der Waals surface area contributed by atoms with Crippen LogP contribution >= 0.6 is 0 Å². The number of nitrogens with zero attached hydrogens (tertiary/aromatic N) is 2. The smallest absolute Gasteiger partial charge is 0.233 e. The van der Waals surface area contributed by atoms with Crippen LogP contribution in [0.4, 0.5) is 0 Å². The SMILES string of the molecule is CCC(C)(C)C1CC(=O)N(CCOCCOCCOCCN2C(=O)CC(C(C)(C)CC)C2=O)C1=O. The van der Waals surface area contributed by atoms with Gasteiger partial charge in [-0.1, -0.05) is 54.4 Å². The third-order valence-electron chi connectivity index (χ3n) is 7.86. The van der Waals surface area contributed by atoms with Crippen molar-refractivity contribution in [2.45, 2.75) is 67.2 Å². The minimum absolute atomic E-state index is 0.0965. The Kier molecular flexibility index (Phi) is 10.9. The first-order valence-corrected chi connectivity index (χ1v) is 12.9. The molecule has 0 spiro atoms. The Bertz CT molecular complexity index is 703. The van der Waals surface area contributed by atoms with Gasteiger partial charge in [0.2, 0.25) is 23.6 Å². The van der Waals surface area contributed by atoms with Gasteiger partial charge < -0.3 is 14.2 Å². The van der Waals surface area contributed by atoms with Crippen LogP contribution in [0, 0.1) is 22.7 Å². The molecule has 2 aliphatic rings. The van der Waals surface area contributed by atoms with Crippen molar-refractivity contribution in [2.75, 3.05) is 52.7 Å². The van der Waals surface area contributed by atoms with Gasteiger partial charge in [0.1, 0.15) is 0 Å². The van der Waals surface area contributed by atoms with E-state index in [-0.39, 0.29) is 85.4 Å². The van der Waals surface area contributed by atoms with E-state index in [1.165, 1.54) is 9.80 Å². The zero-order chi connectivity index (χ0) is 26.2. The topological polar surface area (TPSA) is 102 Å². The van der Waals surface area contributed by atoms with Crippen molar-refractivity contribution in [1.29, 1.82) is 0 Å². The van der Waals surface area contributed by atoms with Crippen LogP contribution in [0.3, 0.4) is 0 Å². The van der Waals surface area contributed by atoms with Gasteiger partial charge in [0.15, 0.2) is 0 Å². The monoisotopic (exact) mass is 496 g/mol. The molecular formula is C26H44N2O7. The highest BCUT2D eigenvalue weighted by Gasteiger charge is 2.46. The van der Waals surface area contributed by atoms with Gasteiger partial charge in [-0.25, -0.2) is 0 Å². The van der Waals surface area contributed by atoms with Gasteiger partial charge in [0.05, 0.1) is 64.6 Å². The van der Waals surface area contributed by atoms with Crippen molar-refractivity contribution in [2.24, 2.45) is 22.7 Å². The third-order valence-corrected chi connectivity index (χ3v) is 7.86. The van der Waals surface area contributed by atoms with Crippen LogP contribution in [0.1, 0.15) is 67.2 Å². The molecule has 2 fully saturated rings. The zero-order valence-corrected chi connectivity index (χ0v) is 22.4. The van der Waals surface area contributed by atoms with Gasteiger partial charge in [0.25, 0.3) is 0 Å². The number of hydrogen-bond donors (Lipinski definition) is 0. The number of imide groups is 2. The van der Waals surface area contributed by atoms with E-state index < -0.39 is 0 Å². The molecule has 2 saturated heterocycles. The first kappa shape index (κ1) is 29.4. The molecule has 2 unspecified atom stereocenters. The van der Waals surface area contributed by atoms with E-state index in [4.69, 9.17) is 14.2 Å². The molecule has 0 aliphatic carbocycles. The molecule has 0 N–H and O–H groups in total. The van der Waals surface area contributed by atoms with Crippen LogP contribution in [0.25, 0.3) is 0 Å². The lowest BCUT2D eigenvalue weighted by molar-refractivity contribution is -0.142. The number of rotatable bonds is 16. The Morgan fingerprint density at radius 1 is 0.629 bits per heavy atom. The van der Waals surface area contributed by atoms with Crippen molar-refractivity contribution in [1.82, 2.24) is 9.80 Å². The average molecular weight is 497 g/mol. The molecule has 0 aromatic rings. The predicted molar refractivity (Wildman–Crippen MR) is 130 cm³/mol. The highest BCUT2D eigenvalue weighted by Crippen LogP contribution is 2.39. The quantitative estimate of drug-likeness (QED) is 0.239. The molecule has 0 bridgehead atoms. The summed E-state index contributed by atoms with van der Waals surface area (Å²) in [6, 6.07) is 0. The highest BCUT2D eigenvalue weighted by atomic mass is 16.5. The number of hydrogen-bond acceptors (Lipinski definition) is 7. The van der Waals surface area contributed by atoms with Crippen molar-refractivity contribution in [3.63, 3.8) is 0 Å². The van der Waals surface area contributed by atoms with Gasteiger partial charge in [0, 0.05) is 12.8 Å². The molecule has 2 atom stereocenters. The fourth-order valence-corrected chi connectivity index (χ4v) is 4.40. The summed E-state index contributed by atoms with van der Waals surface area (Å²) in [7, 11) is 0. The summed E-state index contributed by atoms with van der Waals surface area (Å²) in [6.45, 7) is 14.7. The van der Waals surface area contributed by atoms with Crippen LogP contribution in [-0.2, 0) is 33.4 Å². The van der Waals surface area contributed by atoms with E-state index in [0.29, 0.717) is 26.4 Å². The molecule has 200 valence electrons. The van der Waals surface area contributed by atoms with Crippen LogP contribution in [0.15, 0.2) is 0 Å². The van der Waals surface area contributed by atoms with E-state index in [2.05, 4.69) is 0 Å². The van der Waals surface area contributed by atoms with Gasteiger partial charge in [-0.2, -0.15) is 0 Å². The summed E-state index contributed by atoms with van der Waals surface area (Å²) < 4.78 is 16.5. The van der Waals surface area contributed by atoms with Gasteiger partial charge in [-0.3, -0.25) is 29.0 Å². The summed E-state index contributed by atoms with van der Waals surface area (Å²) in [5.41, 5.74) is -0.377. The van der Waals surface area contributed by atoms with Gasteiger partial charge in [-0.15, -0.1) is 0 Å². The van der Waals surface area contributed by atoms with Crippen molar-refractivity contribution < 1.29 is 33.4 Å². The molecule has 0 saturated carbocycles. The number of ether oxygens (including phenoxy) is 3. The summed E-state index contributed by atoms with van der Waals surface area (Å²) in [5, 5.41) is 0. The largest absolute Gasteiger partial charge is 0.377 e. The lowest BCUT2D eigenvalue weighted by Crippen LogP contribution is -2.37. The zero-order valence-electron chi connectivity index (χ0n) is 22.4. The minimum Gasteiger partial charge on any atom is -0.377 e. The summed E-state index contributed by atoms with van der Waals surface area (Å²) in [5.74, 6) is -0.952. The van der Waals surface area contributed by atoms with Crippen molar-refractivity contribution in [3.8, 4) is 0 Å². The van der Waals surface area contributed by atoms with Crippen LogP contribution in [0.5, 0.6) is 0 Å². The molecule has 2 heterocycles. The third kappa shape index (κ3) is 7.57. The molecule has 2 rings (SSSR count). The van der Waals surface area contributed by atoms with Crippen LogP contribution in [-0.4, -0.2) is 86.2 Å². The minimum atomic E-state index is -0.255. The molecule has 9 nitrogen and oxygen atoms in total. The fraction of sp³-hybridized carbons (Fsp3) is 0.846. The van der Waals surface area contributed by atoms with Crippen LogP contribution < -0.4 is 0 Å².